The lowest BCUT2D eigenvalue weighted by Gasteiger charge is -2.19. The fourth-order valence-corrected chi connectivity index (χ4v) is 4.92. The summed E-state index contributed by atoms with van der Waals surface area (Å²) in [5.74, 6) is 0. The van der Waals surface area contributed by atoms with Crippen LogP contribution in [-0.4, -0.2) is 5.11 Å². The van der Waals surface area contributed by atoms with Gasteiger partial charge in [0.25, 0.3) is 0 Å². The van der Waals surface area contributed by atoms with Crippen molar-refractivity contribution in [3.8, 4) is 0 Å². The Labute approximate surface area is 204 Å². The molecule has 0 aliphatic carbocycles. The van der Waals surface area contributed by atoms with Crippen LogP contribution in [0.5, 0.6) is 0 Å². The Bertz CT molecular complexity index is 1750. The molecule has 0 radical (unpaired) electrons. The zero-order chi connectivity index (χ0) is 24.0. The molecule has 3 heteroatoms. The molecule has 6 aromatic rings. The zero-order valence-corrected chi connectivity index (χ0v) is 19.8. The molecular weight excluding hydrogens is 428 g/mol. The van der Waals surface area contributed by atoms with E-state index in [1.807, 2.05) is 25.1 Å². The summed E-state index contributed by atoms with van der Waals surface area (Å²) < 4.78 is 0. The quantitative estimate of drug-likeness (QED) is 0.210. The van der Waals surface area contributed by atoms with E-state index >= 15 is 0 Å². The van der Waals surface area contributed by atoms with E-state index in [0.717, 1.165) is 21.9 Å². The highest BCUT2D eigenvalue weighted by Crippen LogP contribution is 2.32. The normalized spacial score (nSPS) is 14.7. The molecule has 170 valence electrons. The van der Waals surface area contributed by atoms with Gasteiger partial charge in [-0.1, -0.05) is 97.1 Å². The van der Waals surface area contributed by atoms with Crippen molar-refractivity contribution in [2.24, 2.45) is 10.2 Å². The molecule has 0 spiro atoms. The third kappa shape index (κ3) is 3.84. The van der Waals surface area contributed by atoms with Crippen molar-refractivity contribution in [2.45, 2.75) is 25.6 Å². The minimum atomic E-state index is -1.42. The van der Waals surface area contributed by atoms with Crippen LogP contribution in [0.3, 0.4) is 0 Å². The van der Waals surface area contributed by atoms with Crippen molar-refractivity contribution in [3.63, 3.8) is 0 Å². The van der Waals surface area contributed by atoms with Crippen LogP contribution < -0.4 is 0 Å². The molecule has 1 N–H and O–H groups in total. The smallest absolute Gasteiger partial charge is 0.199 e. The third-order valence-electron chi connectivity index (χ3n) is 6.97. The second kappa shape index (κ2) is 8.30. The van der Waals surface area contributed by atoms with Gasteiger partial charge in [0.15, 0.2) is 5.72 Å². The summed E-state index contributed by atoms with van der Waals surface area (Å²) in [5.41, 5.74) is 0.375. The van der Waals surface area contributed by atoms with Crippen LogP contribution in [0, 0.1) is 0 Å². The molecule has 2 unspecified atom stereocenters. The molecule has 35 heavy (non-hydrogen) atoms. The first-order valence-electron chi connectivity index (χ1n) is 12.0. The first kappa shape index (κ1) is 21.5. The van der Waals surface area contributed by atoms with Crippen molar-refractivity contribution in [1.82, 2.24) is 0 Å². The summed E-state index contributed by atoms with van der Waals surface area (Å²) in [6.07, 6.45) is 0. The van der Waals surface area contributed by atoms with E-state index in [4.69, 9.17) is 0 Å². The van der Waals surface area contributed by atoms with E-state index in [1.54, 1.807) is 6.92 Å². The Balaban J connectivity index is 1.30. The monoisotopic (exact) mass is 454 g/mol. The van der Waals surface area contributed by atoms with Gasteiger partial charge < -0.3 is 5.11 Å². The SMILES string of the molecule is CC(N=NC(C)(O)c1ccc2c(ccc3ccccc32)c1)c1ccc2c(ccc3ccccc32)c1. The predicted octanol–water partition coefficient (Wildman–Crippen LogP) is 8.68. The van der Waals surface area contributed by atoms with E-state index in [1.165, 1.54) is 32.3 Å². The molecular formula is C32H26N2O. The van der Waals surface area contributed by atoms with E-state index in [-0.39, 0.29) is 6.04 Å². The standard InChI is InChI=1S/C32H26N2O/c1-21(24-15-17-30-25(19-24)13-11-22-7-3-5-9-28(22)30)33-34-32(2,35)27-16-18-31-26(20-27)14-12-23-8-4-6-10-29(23)31/h3-21,35H,1-2H3. The van der Waals surface area contributed by atoms with Gasteiger partial charge in [-0.15, -0.1) is 0 Å². The largest absolute Gasteiger partial charge is 0.364 e. The number of nitrogens with zero attached hydrogens (tertiary/aromatic N) is 2. The van der Waals surface area contributed by atoms with Gasteiger partial charge in [-0.25, -0.2) is 0 Å². The van der Waals surface area contributed by atoms with Gasteiger partial charge in [-0.2, -0.15) is 10.2 Å². The third-order valence-corrected chi connectivity index (χ3v) is 6.97. The van der Waals surface area contributed by atoms with Crippen LogP contribution in [0.15, 0.2) is 119 Å². The number of aliphatic hydroxyl groups is 1. The van der Waals surface area contributed by atoms with Gasteiger partial charge in [0.05, 0.1) is 6.04 Å². The number of azo groups is 1. The van der Waals surface area contributed by atoms with E-state index < -0.39 is 5.72 Å². The lowest BCUT2D eigenvalue weighted by atomic mass is 9.97. The molecule has 0 saturated carbocycles. The van der Waals surface area contributed by atoms with Crippen molar-refractivity contribution >= 4 is 43.1 Å². The van der Waals surface area contributed by atoms with Crippen LogP contribution in [0.4, 0.5) is 0 Å². The van der Waals surface area contributed by atoms with Gasteiger partial charge in [-0.3, -0.25) is 0 Å². The van der Waals surface area contributed by atoms with Crippen molar-refractivity contribution in [2.75, 3.05) is 0 Å². The highest BCUT2D eigenvalue weighted by atomic mass is 16.3. The maximum atomic E-state index is 11.2. The molecule has 2 atom stereocenters. The van der Waals surface area contributed by atoms with Crippen molar-refractivity contribution in [3.05, 3.63) is 120 Å². The zero-order valence-electron chi connectivity index (χ0n) is 19.8. The number of benzene rings is 6. The van der Waals surface area contributed by atoms with Crippen LogP contribution in [0.2, 0.25) is 0 Å². The topological polar surface area (TPSA) is 45.0 Å². The summed E-state index contributed by atoms with van der Waals surface area (Å²) in [6, 6.07) is 37.6. The fourth-order valence-electron chi connectivity index (χ4n) is 4.92. The highest BCUT2D eigenvalue weighted by molar-refractivity contribution is 6.08. The summed E-state index contributed by atoms with van der Waals surface area (Å²) in [6.45, 7) is 3.70. The predicted molar refractivity (Wildman–Crippen MR) is 146 cm³/mol. The average Bonchev–Trinajstić information content (AvgIpc) is 2.91. The van der Waals surface area contributed by atoms with Gasteiger partial charge in [-0.05, 0) is 74.6 Å². The number of fused-ring (bicyclic) bond motifs is 6. The Kier molecular flexibility index (Phi) is 5.09. The number of hydrogen-bond acceptors (Lipinski definition) is 3. The molecule has 0 bridgehead atoms. The Morgan fingerprint density at radius 3 is 1.77 bits per heavy atom. The molecule has 0 amide bonds. The molecule has 0 aliphatic rings. The molecule has 0 saturated heterocycles. The second-order valence-electron chi connectivity index (χ2n) is 9.40. The van der Waals surface area contributed by atoms with E-state index in [0.29, 0.717) is 0 Å². The van der Waals surface area contributed by atoms with Crippen LogP contribution in [-0.2, 0) is 5.72 Å². The van der Waals surface area contributed by atoms with Crippen molar-refractivity contribution < 1.29 is 5.11 Å². The van der Waals surface area contributed by atoms with Gasteiger partial charge in [0, 0.05) is 5.56 Å². The second-order valence-corrected chi connectivity index (χ2v) is 9.40. The molecule has 0 aromatic heterocycles. The van der Waals surface area contributed by atoms with E-state index in [2.05, 4.69) is 101 Å². The highest BCUT2D eigenvalue weighted by Gasteiger charge is 2.23. The maximum Gasteiger partial charge on any atom is 0.199 e. The fraction of sp³-hybridized carbons (Fsp3) is 0.125. The van der Waals surface area contributed by atoms with Crippen LogP contribution >= 0.6 is 0 Å². The lowest BCUT2D eigenvalue weighted by Crippen LogP contribution is -2.17. The first-order valence-corrected chi connectivity index (χ1v) is 12.0. The lowest BCUT2D eigenvalue weighted by molar-refractivity contribution is 0.0574. The van der Waals surface area contributed by atoms with E-state index in [9.17, 15) is 5.11 Å². The van der Waals surface area contributed by atoms with Gasteiger partial charge >= 0.3 is 0 Å². The molecule has 0 heterocycles. The minimum Gasteiger partial charge on any atom is -0.364 e. The minimum absolute atomic E-state index is 0.179. The molecule has 0 aliphatic heterocycles. The van der Waals surface area contributed by atoms with Gasteiger partial charge in [0.2, 0.25) is 0 Å². The molecule has 0 fully saturated rings. The van der Waals surface area contributed by atoms with Gasteiger partial charge in [0.1, 0.15) is 0 Å². The Morgan fingerprint density at radius 2 is 1.11 bits per heavy atom. The maximum absolute atomic E-state index is 11.2. The van der Waals surface area contributed by atoms with Crippen LogP contribution in [0.25, 0.3) is 43.1 Å². The van der Waals surface area contributed by atoms with Crippen molar-refractivity contribution in [1.29, 1.82) is 0 Å². The molecule has 6 rings (SSSR count). The molecule has 3 nitrogen and oxygen atoms in total. The Morgan fingerprint density at radius 1 is 0.600 bits per heavy atom. The number of hydrogen-bond donors (Lipinski definition) is 1. The summed E-state index contributed by atoms with van der Waals surface area (Å²) in [5, 5.41) is 29.6. The summed E-state index contributed by atoms with van der Waals surface area (Å²) >= 11 is 0. The Hall–Kier alpha value is -4.08. The summed E-state index contributed by atoms with van der Waals surface area (Å²) in [4.78, 5) is 0. The summed E-state index contributed by atoms with van der Waals surface area (Å²) in [7, 11) is 0. The van der Waals surface area contributed by atoms with Crippen LogP contribution in [0.1, 0.15) is 31.0 Å². The molecule has 6 aromatic carbocycles. The first-order chi connectivity index (χ1) is 17.0. The number of rotatable bonds is 4. The average molecular weight is 455 g/mol.